The molecule has 0 atom stereocenters. The quantitative estimate of drug-likeness (QED) is 0.103. The van der Waals surface area contributed by atoms with Crippen LogP contribution in [0, 0.1) is 0 Å². The molecule has 15 heteroatoms. The lowest BCUT2D eigenvalue weighted by Gasteiger charge is -2.19. The molecule has 0 aliphatic carbocycles. The smallest absolute Gasteiger partial charge is 0.432 e. The fourth-order valence-corrected chi connectivity index (χ4v) is 3.09. The third kappa shape index (κ3) is 13.5. The normalized spacial score (nSPS) is 11.7. The van der Waals surface area contributed by atoms with Crippen LogP contribution in [0.2, 0.25) is 0 Å². The Bertz CT molecular complexity index is 893. The highest BCUT2D eigenvalue weighted by atomic mass is 31.2. The lowest BCUT2D eigenvalue weighted by atomic mass is 10.1. The number of rotatable bonds is 12. The van der Waals surface area contributed by atoms with Crippen molar-refractivity contribution in [1.82, 2.24) is 5.06 Å². The van der Waals surface area contributed by atoms with Gasteiger partial charge in [-0.15, -0.1) is 4.76 Å². The molecule has 0 aromatic heterocycles. The zero-order valence-electron chi connectivity index (χ0n) is 20.8. The molecule has 202 valence electrons. The number of hydrogen-bond acceptors (Lipinski definition) is 11. The number of guanidine groups is 1. The molecule has 1 aromatic carbocycles. The number of benzene rings is 1. The van der Waals surface area contributed by atoms with Gasteiger partial charge < -0.3 is 29.5 Å². The van der Waals surface area contributed by atoms with Crippen LogP contribution >= 0.6 is 7.75 Å². The molecule has 0 aliphatic rings. The molecule has 0 amide bonds. The fourth-order valence-electron chi connectivity index (χ4n) is 2.15. The van der Waals surface area contributed by atoms with E-state index in [0.717, 1.165) is 10.6 Å². The third-order valence-corrected chi connectivity index (χ3v) is 5.01. The van der Waals surface area contributed by atoms with Crippen molar-refractivity contribution in [1.29, 1.82) is 0 Å². The van der Waals surface area contributed by atoms with E-state index in [4.69, 9.17) is 29.1 Å². The van der Waals surface area contributed by atoms with Gasteiger partial charge >= 0.3 is 26.0 Å². The molecule has 0 fully saturated rings. The van der Waals surface area contributed by atoms with Gasteiger partial charge in [0.1, 0.15) is 0 Å². The number of aryl methyl sites for hydroxylation is 1. The molecule has 0 saturated heterocycles. The molecule has 0 bridgehead atoms. The van der Waals surface area contributed by atoms with Crippen LogP contribution in [-0.2, 0) is 48.6 Å². The Morgan fingerprint density at radius 1 is 0.944 bits per heavy atom. The maximum Gasteiger partial charge on any atom is 0.510 e. The van der Waals surface area contributed by atoms with Gasteiger partial charge in [-0.2, -0.15) is 5.06 Å². The van der Waals surface area contributed by atoms with Crippen molar-refractivity contribution >= 4 is 32.0 Å². The van der Waals surface area contributed by atoms with E-state index in [2.05, 4.69) is 14.2 Å². The van der Waals surface area contributed by atoms with Gasteiger partial charge in [-0.05, 0) is 39.7 Å². The van der Waals surface area contributed by atoms with Crippen molar-refractivity contribution in [3.8, 4) is 0 Å². The molecule has 2 N–H and O–H groups in total. The minimum absolute atomic E-state index is 0.0316. The number of nitrogens with zero attached hydrogens (tertiary/aromatic N) is 2. The van der Waals surface area contributed by atoms with Crippen molar-refractivity contribution in [2.45, 2.75) is 52.7 Å². The van der Waals surface area contributed by atoms with Crippen LogP contribution < -0.4 is 5.73 Å². The molecule has 0 radical (unpaired) electrons. The number of hydroxylamine groups is 2. The summed E-state index contributed by atoms with van der Waals surface area (Å²) < 4.78 is 45.2. The number of carbonyl (C=O) groups excluding carboxylic acids is 3. The van der Waals surface area contributed by atoms with E-state index in [0.29, 0.717) is 6.42 Å². The molecule has 0 heterocycles. The second kappa shape index (κ2) is 15.6. The Labute approximate surface area is 209 Å². The van der Waals surface area contributed by atoms with Gasteiger partial charge in [0.05, 0.1) is 18.6 Å². The first-order valence-corrected chi connectivity index (χ1v) is 12.3. The summed E-state index contributed by atoms with van der Waals surface area (Å²) in [5.41, 5.74) is 6.68. The number of nitrogens with two attached hydrogens (primary N) is 1. The maximum atomic E-state index is 13.0. The van der Waals surface area contributed by atoms with E-state index in [9.17, 15) is 18.9 Å². The van der Waals surface area contributed by atoms with Crippen LogP contribution in [0.5, 0.6) is 0 Å². The van der Waals surface area contributed by atoms with Gasteiger partial charge in [-0.1, -0.05) is 30.3 Å². The van der Waals surface area contributed by atoms with Gasteiger partial charge in [0, 0.05) is 7.05 Å². The molecular weight excluding hydrogens is 501 g/mol. The lowest BCUT2D eigenvalue weighted by Crippen LogP contribution is -2.36. The summed E-state index contributed by atoms with van der Waals surface area (Å²) in [7, 11) is -3.32. The summed E-state index contributed by atoms with van der Waals surface area (Å²) in [4.78, 5) is 40.2. The van der Waals surface area contributed by atoms with Crippen LogP contribution in [0.1, 0.15) is 39.7 Å². The number of ether oxygens (including phenoxy) is 4. The summed E-state index contributed by atoms with van der Waals surface area (Å²) >= 11 is 0. The van der Waals surface area contributed by atoms with E-state index in [1.165, 1.54) is 7.05 Å². The number of carbonyl (C=O) groups is 3. The molecule has 36 heavy (non-hydrogen) atoms. The highest BCUT2D eigenvalue weighted by molar-refractivity contribution is 7.52. The molecule has 0 spiro atoms. The Kier molecular flexibility index (Phi) is 13.3. The minimum atomic E-state index is -4.55. The molecular formula is C21H32N3O11P. The van der Waals surface area contributed by atoms with Gasteiger partial charge in [-0.3, -0.25) is 9.05 Å². The molecule has 0 aliphatic heterocycles. The summed E-state index contributed by atoms with van der Waals surface area (Å²) in [5, 5.41) is 0.745. The van der Waals surface area contributed by atoms with Crippen LogP contribution in [0.4, 0.5) is 9.59 Å². The van der Waals surface area contributed by atoms with Crippen molar-refractivity contribution in [2.24, 2.45) is 10.5 Å². The average molecular weight is 533 g/mol. The zero-order chi connectivity index (χ0) is 27.1. The second-order valence-electron chi connectivity index (χ2n) is 7.49. The number of hydrogen-bond donors (Lipinski definition) is 1. The Morgan fingerprint density at radius 3 is 1.92 bits per heavy atom. The van der Waals surface area contributed by atoms with Crippen molar-refractivity contribution < 1.29 is 51.8 Å². The topological polar surface area (TPSA) is 175 Å². The summed E-state index contributed by atoms with van der Waals surface area (Å²) in [6, 6.07) is 9.25. The Hall–Kier alpha value is -3.35. The zero-order valence-corrected chi connectivity index (χ0v) is 21.7. The SMILES string of the molecule is CC(C)OC(=O)OCOP(=O)(N=C(N)N(C)OC(=O)CCc1ccccc1)OCOC(=O)OC(C)C. The first-order chi connectivity index (χ1) is 16.9. The largest absolute Gasteiger partial charge is 0.510 e. The summed E-state index contributed by atoms with van der Waals surface area (Å²) in [6.45, 7) is 4.54. The third-order valence-electron chi connectivity index (χ3n) is 3.70. The van der Waals surface area contributed by atoms with Gasteiger partial charge in [-0.25, -0.2) is 18.9 Å². The average Bonchev–Trinajstić information content (AvgIpc) is 2.77. The van der Waals surface area contributed by atoms with E-state index in [1.807, 2.05) is 30.3 Å². The second-order valence-corrected chi connectivity index (χ2v) is 9.14. The van der Waals surface area contributed by atoms with E-state index < -0.39 is 57.8 Å². The first kappa shape index (κ1) is 30.7. The molecule has 1 aromatic rings. The van der Waals surface area contributed by atoms with Gasteiger partial charge in [0.25, 0.3) is 0 Å². The van der Waals surface area contributed by atoms with E-state index in [-0.39, 0.29) is 6.42 Å². The molecule has 0 unspecified atom stereocenters. The van der Waals surface area contributed by atoms with Crippen LogP contribution in [0.25, 0.3) is 0 Å². The van der Waals surface area contributed by atoms with E-state index in [1.54, 1.807) is 27.7 Å². The molecule has 0 saturated carbocycles. The predicted octanol–water partition coefficient (Wildman–Crippen LogP) is 3.50. The van der Waals surface area contributed by atoms with Crippen LogP contribution in [-0.4, -0.2) is 62.1 Å². The summed E-state index contributed by atoms with van der Waals surface area (Å²) in [6.07, 6.45) is -2.70. The van der Waals surface area contributed by atoms with Crippen LogP contribution in [0.15, 0.2) is 35.1 Å². The van der Waals surface area contributed by atoms with Crippen molar-refractivity contribution in [3.05, 3.63) is 35.9 Å². The lowest BCUT2D eigenvalue weighted by molar-refractivity contribution is -0.169. The first-order valence-electron chi connectivity index (χ1n) is 10.8. The standard InChI is InChI=1S/C21H32N3O11P/c1-15(2)33-20(26)29-13-31-36(28,32-14-30-21(27)34-16(3)4)23-19(22)24(5)35-18(25)12-11-17-9-7-6-8-10-17/h6-10,15-16H,11-14H2,1-5H3,(H2,22,23,28). The monoisotopic (exact) mass is 533 g/mol. The Morgan fingerprint density at radius 2 is 1.44 bits per heavy atom. The van der Waals surface area contributed by atoms with Crippen molar-refractivity contribution in [2.75, 3.05) is 20.6 Å². The maximum absolute atomic E-state index is 13.0. The van der Waals surface area contributed by atoms with Gasteiger partial charge in [0.15, 0.2) is 0 Å². The van der Waals surface area contributed by atoms with E-state index >= 15 is 0 Å². The van der Waals surface area contributed by atoms with Crippen molar-refractivity contribution in [3.63, 3.8) is 0 Å². The van der Waals surface area contributed by atoms with Gasteiger partial charge in [0.2, 0.25) is 19.5 Å². The Balaban J connectivity index is 2.76. The predicted molar refractivity (Wildman–Crippen MR) is 125 cm³/mol. The molecule has 14 nitrogen and oxygen atoms in total. The molecule has 1 rings (SSSR count). The fraction of sp³-hybridized carbons (Fsp3) is 0.524. The van der Waals surface area contributed by atoms with Crippen LogP contribution in [0.3, 0.4) is 0 Å². The highest BCUT2D eigenvalue weighted by Crippen LogP contribution is 2.50. The summed E-state index contributed by atoms with van der Waals surface area (Å²) in [5.74, 6) is -1.23. The highest BCUT2D eigenvalue weighted by Gasteiger charge is 2.29. The minimum Gasteiger partial charge on any atom is -0.432 e.